The van der Waals surface area contributed by atoms with E-state index in [2.05, 4.69) is 10.2 Å². The standard InChI is InChI=1S/C17H24FN3O2S/c1-2-19-16(22)13-20-8-10-21(11-9-20)17(23)7-12-24-15-6-4-3-5-14(15)18/h3-6H,2,7-13H2,1H3,(H,19,22). The lowest BCUT2D eigenvalue weighted by Crippen LogP contribution is -2.51. The summed E-state index contributed by atoms with van der Waals surface area (Å²) in [6.07, 6.45) is 0.398. The van der Waals surface area contributed by atoms with Crippen LogP contribution in [0.3, 0.4) is 0 Å². The van der Waals surface area contributed by atoms with Gasteiger partial charge in [-0.25, -0.2) is 4.39 Å². The second kappa shape index (κ2) is 9.64. The molecule has 7 heteroatoms. The third-order valence-electron chi connectivity index (χ3n) is 3.88. The molecule has 1 aliphatic rings. The molecule has 0 atom stereocenters. The summed E-state index contributed by atoms with van der Waals surface area (Å²) in [5.74, 6) is 0.447. The smallest absolute Gasteiger partial charge is 0.234 e. The highest BCUT2D eigenvalue weighted by Gasteiger charge is 2.22. The normalized spacial score (nSPS) is 15.3. The number of rotatable bonds is 7. The molecule has 1 aromatic carbocycles. The van der Waals surface area contributed by atoms with E-state index in [0.29, 0.717) is 56.3 Å². The molecule has 132 valence electrons. The first-order valence-electron chi connectivity index (χ1n) is 8.24. The lowest BCUT2D eigenvalue weighted by molar-refractivity contribution is -0.132. The van der Waals surface area contributed by atoms with E-state index in [1.807, 2.05) is 11.8 Å². The Labute approximate surface area is 146 Å². The van der Waals surface area contributed by atoms with Gasteiger partial charge in [-0.3, -0.25) is 14.5 Å². The summed E-state index contributed by atoms with van der Waals surface area (Å²) in [6.45, 7) is 5.63. The van der Waals surface area contributed by atoms with E-state index >= 15 is 0 Å². The summed E-state index contributed by atoms with van der Waals surface area (Å²) in [7, 11) is 0. The fourth-order valence-electron chi connectivity index (χ4n) is 2.58. The van der Waals surface area contributed by atoms with Crippen molar-refractivity contribution in [3.63, 3.8) is 0 Å². The topological polar surface area (TPSA) is 52.7 Å². The molecule has 0 bridgehead atoms. The number of nitrogens with one attached hydrogen (secondary N) is 1. The van der Waals surface area contributed by atoms with Crippen molar-refractivity contribution in [3.8, 4) is 0 Å². The van der Waals surface area contributed by atoms with Crippen LogP contribution in [0.15, 0.2) is 29.2 Å². The van der Waals surface area contributed by atoms with Crippen molar-refractivity contribution in [2.75, 3.05) is 45.0 Å². The number of halogens is 1. The molecule has 1 fully saturated rings. The zero-order chi connectivity index (χ0) is 17.4. The Bertz CT molecular complexity index is 563. The van der Waals surface area contributed by atoms with Crippen LogP contribution in [0.1, 0.15) is 13.3 Å². The molecule has 5 nitrogen and oxygen atoms in total. The summed E-state index contributed by atoms with van der Waals surface area (Å²) in [5.41, 5.74) is 0. The molecule has 0 spiro atoms. The highest BCUT2D eigenvalue weighted by Crippen LogP contribution is 2.22. The monoisotopic (exact) mass is 353 g/mol. The average molecular weight is 353 g/mol. The fourth-order valence-corrected chi connectivity index (χ4v) is 3.46. The van der Waals surface area contributed by atoms with Crippen LogP contribution in [-0.2, 0) is 9.59 Å². The van der Waals surface area contributed by atoms with Crippen molar-refractivity contribution in [1.82, 2.24) is 15.1 Å². The predicted octanol–water partition coefficient (Wildman–Crippen LogP) is 1.59. The summed E-state index contributed by atoms with van der Waals surface area (Å²) in [4.78, 5) is 28.3. The second-order valence-corrected chi connectivity index (χ2v) is 6.78. The number of likely N-dealkylation sites (N-methyl/N-ethyl adjacent to an activating group) is 1. The quantitative estimate of drug-likeness (QED) is 0.757. The van der Waals surface area contributed by atoms with Crippen molar-refractivity contribution < 1.29 is 14.0 Å². The van der Waals surface area contributed by atoms with Crippen molar-refractivity contribution >= 4 is 23.6 Å². The first kappa shape index (κ1) is 18.7. The number of carbonyl (C=O) groups excluding carboxylic acids is 2. The van der Waals surface area contributed by atoms with Gasteiger partial charge in [0.2, 0.25) is 11.8 Å². The summed E-state index contributed by atoms with van der Waals surface area (Å²) in [5, 5.41) is 2.78. The van der Waals surface area contributed by atoms with Crippen LogP contribution in [0, 0.1) is 5.82 Å². The summed E-state index contributed by atoms with van der Waals surface area (Å²) >= 11 is 1.37. The van der Waals surface area contributed by atoms with Crippen LogP contribution < -0.4 is 5.32 Å². The van der Waals surface area contributed by atoms with Gasteiger partial charge in [0.15, 0.2) is 0 Å². The third kappa shape index (κ3) is 5.79. The van der Waals surface area contributed by atoms with E-state index in [0.717, 1.165) is 0 Å². The molecule has 1 N–H and O–H groups in total. The van der Waals surface area contributed by atoms with Gasteiger partial charge in [0.25, 0.3) is 0 Å². The molecule has 0 unspecified atom stereocenters. The number of benzene rings is 1. The van der Waals surface area contributed by atoms with Crippen LogP contribution in [0.4, 0.5) is 4.39 Å². The van der Waals surface area contributed by atoms with E-state index in [1.54, 1.807) is 18.2 Å². The number of hydrogen-bond acceptors (Lipinski definition) is 4. The van der Waals surface area contributed by atoms with Gasteiger partial charge < -0.3 is 10.2 Å². The fraction of sp³-hybridized carbons (Fsp3) is 0.529. The molecule has 1 aliphatic heterocycles. The van der Waals surface area contributed by atoms with Crippen LogP contribution in [0.25, 0.3) is 0 Å². The molecule has 1 heterocycles. The van der Waals surface area contributed by atoms with E-state index in [9.17, 15) is 14.0 Å². The Kier molecular flexibility index (Phi) is 7.52. The van der Waals surface area contributed by atoms with Crippen molar-refractivity contribution in [1.29, 1.82) is 0 Å². The summed E-state index contributed by atoms with van der Waals surface area (Å²) < 4.78 is 13.5. The van der Waals surface area contributed by atoms with E-state index in [-0.39, 0.29) is 17.6 Å². The number of piperazine rings is 1. The number of thioether (sulfide) groups is 1. The molecular weight excluding hydrogens is 329 g/mol. The highest BCUT2D eigenvalue weighted by atomic mass is 32.2. The second-order valence-electron chi connectivity index (χ2n) is 5.64. The lowest BCUT2D eigenvalue weighted by atomic mass is 10.3. The van der Waals surface area contributed by atoms with Crippen LogP contribution in [-0.4, -0.2) is 66.6 Å². The minimum Gasteiger partial charge on any atom is -0.355 e. The van der Waals surface area contributed by atoms with Crippen molar-refractivity contribution in [2.24, 2.45) is 0 Å². The molecule has 1 aromatic rings. The minimum atomic E-state index is -0.242. The Balaban J connectivity index is 1.67. The Morgan fingerprint density at radius 3 is 2.58 bits per heavy atom. The number of hydrogen-bond donors (Lipinski definition) is 1. The van der Waals surface area contributed by atoms with E-state index in [4.69, 9.17) is 0 Å². The van der Waals surface area contributed by atoms with Crippen LogP contribution >= 0.6 is 11.8 Å². The molecule has 2 rings (SSSR count). The number of nitrogens with zero attached hydrogens (tertiary/aromatic N) is 2. The maximum Gasteiger partial charge on any atom is 0.234 e. The Hall–Kier alpha value is -1.60. The predicted molar refractivity (Wildman–Crippen MR) is 93.4 cm³/mol. The Morgan fingerprint density at radius 2 is 1.92 bits per heavy atom. The highest BCUT2D eigenvalue weighted by molar-refractivity contribution is 7.99. The van der Waals surface area contributed by atoms with Gasteiger partial charge in [-0.2, -0.15) is 0 Å². The largest absolute Gasteiger partial charge is 0.355 e. The average Bonchev–Trinajstić information content (AvgIpc) is 2.57. The van der Waals surface area contributed by atoms with Crippen molar-refractivity contribution in [2.45, 2.75) is 18.2 Å². The van der Waals surface area contributed by atoms with Crippen molar-refractivity contribution in [3.05, 3.63) is 30.1 Å². The molecule has 0 aliphatic carbocycles. The van der Waals surface area contributed by atoms with Gasteiger partial charge in [-0.1, -0.05) is 12.1 Å². The van der Waals surface area contributed by atoms with E-state index < -0.39 is 0 Å². The van der Waals surface area contributed by atoms with Crippen LogP contribution in [0.2, 0.25) is 0 Å². The van der Waals surface area contributed by atoms with Gasteiger partial charge in [-0.05, 0) is 19.1 Å². The number of amides is 2. The summed E-state index contributed by atoms with van der Waals surface area (Å²) in [6, 6.07) is 6.61. The first-order chi connectivity index (χ1) is 11.6. The van der Waals surface area contributed by atoms with Gasteiger partial charge in [0, 0.05) is 49.8 Å². The molecule has 2 amide bonds. The third-order valence-corrected chi connectivity index (χ3v) is 4.93. The first-order valence-corrected chi connectivity index (χ1v) is 9.23. The molecule has 1 saturated heterocycles. The van der Waals surface area contributed by atoms with Crippen LogP contribution in [0.5, 0.6) is 0 Å². The zero-order valence-electron chi connectivity index (χ0n) is 14.0. The SMILES string of the molecule is CCNC(=O)CN1CCN(C(=O)CCSc2ccccc2F)CC1. The molecule has 24 heavy (non-hydrogen) atoms. The Morgan fingerprint density at radius 1 is 1.21 bits per heavy atom. The van der Waals surface area contributed by atoms with Gasteiger partial charge >= 0.3 is 0 Å². The maximum atomic E-state index is 13.5. The molecule has 0 radical (unpaired) electrons. The molecule has 0 aromatic heterocycles. The lowest BCUT2D eigenvalue weighted by Gasteiger charge is -2.34. The van der Waals surface area contributed by atoms with Gasteiger partial charge in [-0.15, -0.1) is 11.8 Å². The maximum absolute atomic E-state index is 13.5. The zero-order valence-corrected chi connectivity index (χ0v) is 14.8. The number of carbonyl (C=O) groups is 2. The molecular formula is C17H24FN3O2S. The van der Waals surface area contributed by atoms with Gasteiger partial charge in [0.05, 0.1) is 6.54 Å². The molecule has 0 saturated carbocycles. The van der Waals surface area contributed by atoms with E-state index in [1.165, 1.54) is 17.8 Å². The minimum absolute atomic E-state index is 0.0264. The van der Waals surface area contributed by atoms with Gasteiger partial charge in [0.1, 0.15) is 5.82 Å².